The monoisotopic (exact) mass is 228 g/mol. The summed E-state index contributed by atoms with van der Waals surface area (Å²) in [6.45, 7) is 7.06. The highest BCUT2D eigenvalue weighted by atomic mass is 32.1. The van der Waals surface area contributed by atoms with Crippen molar-refractivity contribution >= 4 is 11.3 Å². The summed E-state index contributed by atoms with van der Waals surface area (Å²) in [6, 6.07) is 0. The molecule has 0 aromatic carbocycles. The Morgan fingerprint density at radius 2 is 2.40 bits per heavy atom. The van der Waals surface area contributed by atoms with Gasteiger partial charge >= 0.3 is 0 Å². The maximum atomic E-state index is 5.07. The van der Waals surface area contributed by atoms with Gasteiger partial charge in [-0.2, -0.15) is 0 Å². The van der Waals surface area contributed by atoms with Gasteiger partial charge in [0.1, 0.15) is 0 Å². The minimum absolute atomic E-state index is 0.577. The fourth-order valence-electron chi connectivity index (χ4n) is 1.40. The van der Waals surface area contributed by atoms with Crippen LogP contribution in [0.4, 0.5) is 0 Å². The van der Waals surface area contributed by atoms with Crippen LogP contribution in [-0.2, 0) is 11.2 Å². The zero-order valence-corrected chi connectivity index (χ0v) is 10.6. The molecule has 0 bridgehead atoms. The van der Waals surface area contributed by atoms with E-state index in [0.29, 0.717) is 5.92 Å². The van der Waals surface area contributed by atoms with Gasteiger partial charge in [0.15, 0.2) is 0 Å². The Labute approximate surface area is 95.9 Å². The summed E-state index contributed by atoms with van der Waals surface area (Å²) in [4.78, 5) is 4.42. The highest BCUT2D eigenvalue weighted by Gasteiger charge is 2.01. The molecular formula is C11H20N2OS. The number of rotatable bonds is 7. The Bertz CT molecular complexity index is 275. The highest BCUT2D eigenvalue weighted by molar-refractivity contribution is 7.09. The van der Waals surface area contributed by atoms with Crippen LogP contribution < -0.4 is 5.32 Å². The van der Waals surface area contributed by atoms with Crippen molar-refractivity contribution in [2.24, 2.45) is 5.92 Å². The molecule has 0 saturated heterocycles. The second-order valence-corrected chi connectivity index (χ2v) is 4.84. The van der Waals surface area contributed by atoms with Crippen molar-refractivity contribution in [1.82, 2.24) is 10.3 Å². The van der Waals surface area contributed by atoms with Gasteiger partial charge in [-0.3, -0.25) is 0 Å². The minimum Gasteiger partial charge on any atom is -0.384 e. The second-order valence-electron chi connectivity index (χ2n) is 3.90. The lowest BCUT2D eigenvalue weighted by Crippen LogP contribution is -2.25. The van der Waals surface area contributed by atoms with Crippen LogP contribution in [0.3, 0.4) is 0 Å². The topological polar surface area (TPSA) is 34.1 Å². The van der Waals surface area contributed by atoms with Gasteiger partial charge in [0.25, 0.3) is 0 Å². The molecule has 3 nitrogen and oxygen atoms in total. The molecule has 0 fully saturated rings. The SMILES string of the molecule is COCC(C)CNCCc1nc(C)cs1. The van der Waals surface area contributed by atoms with Crippen molar-refractivity contribution in [3.63, 3.8) is 0 Å². The smallest absolute Gasteiger partial charge is 0.0940 e. The summed E-state index contributed by atoms with van der Waals surface area (Å²) >= 11 is 1.74. The summed E-state index contributed by atoms with van der Waals surface area (Å²) in [6.07, 6.45) is 1.03. The molecule has 0 saturated carbocycles. The van der Waals surface area contributed by atoms with E-state index in [1.807, 2.05) is 6.92 Å². The average molecular weight is 228 g/mol. The molecular weight excluding hydrogens is 208 g/mol. The maximum Gasteiger partial charge on any atom is 0.0940 e. The number of hydrogen-bond acceptors (Lipinski definition) is 4. The number of aromatic nitrogens is 1. The Morgan fingerprint density at radius 3 is 3.00 bits per heavy atom. The van der Waals surface area contributed by atoms with Crippen molar-refractivity contribution in [1.29, 1.82) is 0 Å². The van der Waals surface area contributed by atoms with Crippen molar-refractivity contribution in [3.05, 3.63) is 16.1 Å². The lowest BCUT2D eigenvalue weighted by atomic mass is 10.2. The van der Waals surface area contributed by atoms with Crippen molar-refractivity contribution < 1.29 is 4.74 Å². The molecule has 4 heteroatoms. The van der Waals surface area contributed by atoms with Crippen LogP contribution in [-0.4, -0.2) is 31.8 Å². The fourth-order valence-corrected chi connectivity index (χ4v) is 2.18. The molecule has 0 aliphatic heterocycles. The Balaban J connectivity index is 2.06. The number of hydrogen-bond donors (Lipinski definition) is 1. The molecule has 1 heterocycles. The average Bonchev–Trinajstić information content (AvgIpc) is 2.60. The van der Waals surface area contributed by atoms with Gasteiger partial charge < -0.3 is 10.1 Å². The second kappa shape index (κ2) is 6.93. The lowest BCUT2D eigenvalue weighted by molar-refractivity contribution is 0.158. The minimum atomic E-state index is 0.577. The van der Waals surface area contributed by atoms with Crippen LogP contribution in [0.1, 0.15) is 17.6 Å². The molecule has 1 atom stereocenters. The van der Waals surface area contributed by atoms with Crippen molar-refractivity contribution in [3.8, 4) is 0 Å². The van der Waals surface area contributed by atoms with Crippen LogP contribution in [0.2, 0.25) is 0 Å². The largest absolute Gasteiger partial charge is 0.384 e. The Kier molecular flexibility index (Phi) is 5.83. The van der Waals surface area contributed by atoms with Gasteiger partial charge in [0, 0.05) is 37.8 Å². The first-order chi connectivity index (χ1) is 7.22. The molecule has 0 amide bonds. The summed E-state index contributed by atoms with van der Waals surface area (Å²) in [5.41, 5.74) is 1.13. The third-order valence-corrected chi connectivity index (χ3v) is 3.15. The van der Waals surface area contributed by atoms with E-state index < -0.39 is 0 Å². The molecule has 15 heavy (non-hydrogen) atoms. The molecule has 1 rings (SSSR count). The summed E-state index contributed by atoms with van der Waals surface area (Å²) in [7, 11) is 1.74. The van der Waals surface area contributed by atoms with E-state index in [-0.39, 0.29) is 0 Å². The van der Waals surface area contributed by atoms with E-state index in [2.05, 4.69) is 22.6 Å². The molecule has 1 N–H and O–H groups in total. The number of thiazole rings is 1. The maximum absolute atomic E-state index is 5.07. The first kappa shape index (κ1) is 12.6. The van der Waals surface area contributed by atoms with E-state index in [9.17, 15) is 0 Å². The van der Waals surface area contributed by atoms with E-state index in [1.54, 1.807) is 18.4 Å². The van der Waals surface area contributed by atoms with Crippen LogP contribution in [0, 0.1) is 12.8 Å². The van der Waals surface area contributed by atoms with E-state index in [1.165, 1.54) is 5.01 Å². The first-order valence-electron chi connectivity index (χ1n) is 5.33. The van der Waals surface area contributed by atoms with E-state index in [4.69, 9.17) is 4.74 Å². The first-order valence-corrected chi connectivity index (χ1v) is 6.21. The van der Waals surface area contributed by atoms with Crippen LogP contribution >= 0.6 is 11.3 Å². The molecule has 86 valence electrons. The normalized spacial score (nSPS) is 13.0. The number of nitrogens with one attached hydrogen (secondary N) is 1. The predicted molar refractivity (Wildman–Crippen MR) is 64.5 cm³/mol. The zero-order chi connectivity index (χ0) is 11.1. The lowest BCUT2D eigenvalue weighted by Gasteiger charge is -2.10. The predicted octanol–water partition coefficient (Wildman–Crippen LogP) is 1.87. The summed E-state index contributed by atoms with van der Waals surface area (Å²) in [5.74, 6) is 0.577. The number of ether oxygens (including phenoxy) is 1. The fraction of sp³-hybridized carbons (Fsp3) is 0.727. The number of nitrogens with zero attached hydrogens (tertiary/aromatic N) is 1. The van der Waals surface area contributed by atoms with Gasteiger partial charge in [0.05, 0.1) is 5.01 Å². The Hall–Kier alpha value is -0.450. The highest BCUT2D eigenvalue weighted by Crippen LogP contribution is 2.08. The third kappa shape index (κ3) is 5.25. The molecule has 1 unspecified atom stereocenters. The third-order valence-electron chi connectivity index (χ3n) is 2.13. The van der Waals surface area contributed by atoms with Crippen molar-refractivity contribution in [2.75, 3.05) is 26.8 Å². The molecule has 1 aromatic heterocycles. The zero-order valence-electron chi connectivity index (χ0n) is 9.75. The van der Waals surface area contributed by atoms with Gasteiger partial charge in [0.2, 0.25) is 0 Å². The quantitative estimate of drug-likeness (QED) is 0.723. The van der Waals surface area contributed by atoms with Crippen molar-refractivity contribution in [2.45, 2.75) is 20.3 Å². The van der Waals surface area contributed by atoms with Gasteiger partial charge in [-0.25, -0.2) is 4.98 Å². The standard InChI is InChI=1S/C11H20N2OS/c1-9(7-14-3)6-12-5-4-11-13-10(2)8-15-11/h8-9,12H,4-7H2,1-3H3. The van der Waals surface area contributed by atoms with Crippen LogP contribution in [0.5, 0.6) is 0 Å². The molecule has 0 spiro atoms. The van der Waals surface area contributed by atoms with Crippen LogP contribution in [0.25, 0.3) is 0 Å². The molecule has 0 aliphatic carbocycles. The molecule has 1 aromatic rings. The van der Waals surface area contributed by atoms with Gasteiger partial charge in [-0.15, -0.1) is 11.3 Å². The summed E-state index contributed by atoms with van der Waals surface area (Å²) in [5, 5.41) is 6.74. The molecule has 0 aliphatic rings. The van der Waals surface area contributed by atoms with E-state index >= 15 is 0 Å². The van der Waals surface area contributed by atoms with Gasteiger partial charge in [-0.05, 0) is 19.4 Å². The molecule has 0 radical (unpaired) electrons. The summed E-state index contributed by atoms with van der Waals surface area (Å²) < 4.78 is 5.07. The van der Waals surface area contributed by atoms with Crippen LogP contribution in [0.15, 0.2) is 5.38 Å². The number of aryl methyl sites for hydroxylation is 1. The Morgan fingerprint density at radius 1 is 1.60 bits per heavy atom. The van der Waals surface area contributed by atoms with E-state index in [0.717, 1.165) is 31.8 Å². The van der Waals surface area contributed by atoms with Gasteiger partial charge in [-0.1, -0.05) is 6.92 Å². The number of methoxy groups -OCH3 is 1.